The van der Waals surface area contributed by atoms with Crippen LogP contribution in [0.1, 0.15) is 24.2 Å². The van der Waals surface area contributed by atoms with Crippen molar-refractivity contribution in [2.45, 2.75) is 26.3 Å². The molecular formula is C20H18N4O3S. The molecule has 0 aliphatic carbocycles. The molecule has 0 radical (unpaired) electrons. The van der Waals surface area contributed by atoms with Crippen LogP contribution in [-0.4, -0.2) is 27.5 Å². The van der Waals surface area contributed by atoms with Crippen LogP contribution in [0.25, 0.3) is 11.5 Å². The Morgan fingerprint density at radius 3 is 2.79 bits per heavy atom. The van der Waals surface area contributed by atoms with Gasteiger partial charge in [0.2, 0.25) is 5.91 Å². The zero-order chi connectivity index (χ0) is 19.5. The summed E-state index contributed by atoms with van der Waals surface area (Å²) in [6.45, 7) is 2.21. The van der Waals surface area contributed by atoms with Crippen LogP contribution >= 0.6 is 11.3 Å². The molecule has 1 aromatic carbocycles. The molecule has 0 unspecified atom stereocenters. The summed E-state index contributed by atoms with van der Waals surface area (Å²) in [7, 11) is 0. The SMILES string of the molecule is Cc1ccc(-c2csc(NC(=O)C3=NN(Cc4ccccc4)C(=O)CC3)n2)o1. The Morgan fingerprint density at radius 2 is 2.04 bits per heavy atom. The third kappa shape index (κ3) is 4.01. The van der Waals surface area contributed by atoms with Gasteiger partial charge in [-0.15, -0.1) is 11.3 Å². The minimum absolute atomic E-state index is 0.0925. The van der Waals surface area contributed by atoms with E-state index in [9.17, 15) is 9.59 Å². The molecule has 8 heteroatoms. The van der Waals surface area contributed by atoms with Crippen molar-refractivity contribution in [3.05, 3.63) is 59.2 Å². The first-order valence-electron chi connectivity index (χ1n) is 8.84. The summed E-state index contributed by atoms with van der Waals surface area (Å²) in [5, 5.41) is 10.7. The zero-order valence-electron chi connectivity index (χ0n) is 15.2. The maximum atomic E-state index is 12.6. The highest BCUT2D eigenvalue weighted by molar-refractivity contribution is 7.14. The molecule has 0 spiro atoms. The second kappa shape index (κ2) is 7.77. The molecule has 2 aromatic heterocycles. The number of hydrazone groups is 1. The summed E-state index contributed by atoms with van der Waals surface area (Å²) in [5.74, 6) is 1.02. The van der Waals surface area contributed by atoms with Gasteiger partial charge < -0.3 is 4.42 Å². The number of furan rings is 1. The van der Waals surface area contributed by atoms with E-state index >= 15 is 0 Å². The largest absolute Gasteiger partial charge is 0.460 e. The molecule has 1 aliphatic heterocycles. The lowest BCUT2D eigenvalue weighted by atomic mass is 10.1. The summed E-state index contributed by atoms with van der Waals surface area (Å²) in [6, 6.07) is 13.3. The van der Waals surface area contributed by atoms with Crippen molar-refractivity contribution < 1.29 is 14.0 Å². The van der Waals surface area contributed by atoms with Crippen LogP contribution in [0.5, 0.6) is 0 Å². The fraction of sp³-hybridized carbons (Fsp3) is 0.200. The maximum absolute atomic E-state index is 12.6. The number of hydrogen-bond donors (Lipinski definition) is 1. The standard InChI is InChI=1S/C20H18N4O3S/c1-13-7-9-17(27-13)16-12-28-20(21-16)22-19(26)15-8-10-18(25)24(23-15)11-14-5-3-2-4-6-14/h2-7,9,12H,8,10-11H2,1H3,(H,21,22,26). The molecular weight excluding hydrogens is 376 g/mol. The van der Waals surface area contributed by atoms with Crippen LogP contribution in [0.4, 0.5) is 5.13 Å². The van der Waals surface area contributed by atoms with Gasteiger partial charge in [-0.2, -0.15) is 5.10 Å². The monoisotopic (exact) mass is 394 g/mol. The number of hydrogen-bond acceptors (Lipinski definition) is 6. The van der Waals surface area contributed by atoms with Crippen molar-refractivity contribution in [1.82, 2.24) is 9.99 Å². The van der Waals surface area contributed by atoms with Crippen molar-refractivity contribution in [3.8, 4) is 11.5 Å². The topological polar surface area (TPSA) is 87.8 Å². The summed E-state index contributed by atoms with van der Waals surface area (Å²) in [5.41, 5.74) is 1.94. The van der Waals surface area contributed by atoms with E-state index in [1.54, 1.807) is 0 Å². The average molecular weight is 394 g/mol. The van der Waals surface area contributed by atoms with E-state index in [4.69, 9.17) is 4.42 Å². The number of amides is 2. The van der Waals surface area contributed by atoms with Gasteiger partial charge in [-0.3, -0.25) is 14.9 Å². The fourth-order valence-electron chi connectivity index (χ4n) is 2.83. The van der Waals surface area contributed by atoms with E-state index < -0.39 is 0 Å². The Morgan fingerprint density at radius 1 is 1.21 bits per heavy atom. The van der Waals surface area contributed by atoms with Crippen molar-refractivity contribution in [2.75, 3.05) is 5.32 Å². The summed E-state index contributed by atoms with van der Waals surface area (Å²) in [4.78, 5) is 29.1. The summed E-state index contributed by atoms with van der Waals surface area (Å²) in [6.07, 6.45) is 0.569. The molecule has 3 aromatic rings. The number of aromatic nitrogens is 1. The molecule has 1 aliphatic rings. The number of aryl methyl sites for hydroxylation is 1. The third-order valence-corrected chi connectivity index (χ3v) is 5.02. The fourth-order valence-corrected chi connectivity index (χ4v) is 3.53. The molecule has 1 N–H and O–H groups in total. The summed E-state index contributed by atoms with van der Waals surface area (Å²) < 4.78 is 5.55. The van der Waals surface area contributed by atoms with E-state index in [1.807, 2.05) is 54.8 Å². The number of nitrogens with one attached hydrogen (secondary N) is 1. The number of carbonyl (C=O) groups is 2. The molecule has 3 heterocycles. The first kappa shape index (κ1) is 18.1. The lowest BCUT2D eigenvalue weighted by Gasteiger charge is -2.23. The Kier molecular flexibility index (Phi) is 5.03. The molecule has 0 saturated carbocycles. The van der Waals surface area contributed by atoms with Crippen molar-refractivity contribution in [1.29, 1.82) is 0 Å². The second-order valence-corrected chi connectivity index (χ2v) is 7.24. The van der Waals surface area contributed by atoms with Gasteiger partial charge in [0.15, 0.2) is 10.9 Å². The van der Waals surface area contributed by atoms with Gasteiger partial charge in [-0.25, -0.2) is 9.99 Å². The molecule has 2 amide bonds. The minimum Gasteiger partial charge on any atom is -0.460 e. The van der Waals surface area contributed by atoms with Gasteiger partial charge in [-0.05, 0) is 24.6 Å². The highest BCUT2D eigenvalue weighted by atomic mass is 32.1. The molecule has 0 saturated heterocycles. The van der Waals surface area contributed by atoms with Crippen LogP contribution < -0.4 is 5.32 Å². The van der Waals surface area contributed by atoms with Gasteiger partial charge in [0.1, 0.15) is 17.2 Å². The molecule has 4 rings (SSSR count). The number of nitrogens with zero attached hydrogens (tertiary/aromatic N) is 3. The molecule has 7 nitrogen and oxygen atoms in total. The van der Waals surface area contributed by atoms with E-state index in [1.165, 1.54) is 16.3 Å². The number of carbonyl (C=O) groups excluding carboxylic acids is 2. The highest BCUT2D eigenvalue weighted by Gasteiger charge is 2.25. The van der Waals surface area contributed by atoms with Gasteiger partial charge >= 0.3 is 0 Å². The number of benzene rings is 1. The second-order valence-electron chi connectivity index (χ2n) is 6.39. The maximum Gasteiger partial charge on any atom is 0.273 e. The molecule has 0 atom stereocenters. The third-order valence-electron chi connectivity index (χ3n) is 4.26. The number of anilines is 1. The average Bonchev–Trinajstić information content (AvgIpc) is 3.33. The van der Waals surface area contributed by atoms with Crippen LogP contribution in [0.2, 0.25) is 0 Å². The predicted molar refractivity (Wildman–Crippen MR) is 107 cm³/mol. The summed E-state index contributed by atoms with van der Waals surface area (Å²) >= 11 is 1.31. The number of thiazole rings is 1. The highest BCUT2D eigenvalue weighted by Crippen LogP contribution is 2.26. The normalized spacial score (nSPS) is 14.1. The van der Waals surface area contributed by atoms with Crippen molar-refractivity contribution in [3.63, 3.8) is 0 Å². The Balaban J connectivity index is 1.46. The van der Waals surface area contributed by atoms with Crippen LogP contribution in [0, 0.1) is 6.92 Å². The molecule has 0 bridgehead atoms. The predicted octanol–water partition coefficient (Wildman–Crippen LogP) is 3.83. The van der Waals surface area contributed by atoms with Gasteiger partial charge in [-0.1, -0.05) is 30.3 Å². The van der Waals surface area contributed by atoms with E-state index in [0.717, 1.165) is 11.3 Å². The smallest absolute Gasteiger partial charge is 0.273 e. The molecule has 142 valence electrons. The van der Waals surface area contributed by atoms with E-state index in [2.05, 4.69) is 15.4 Å². The molecule has 0 fully saturated rings. The van der Waals surface area contributed by atoms with Crippen LogP contribution in [0.3, 0.4) is 0 Å². The van der Waals surface area contributed by atoms with Gasteiger partial charge in [0.05, 0.1) is 6.54 Å². The first-order valence-corrected chi connectivity index (χ1v) is 9.72. The quantitative estimate of drug-likeness (QED) is 0.712. The van der Waals surface area contributed by atoms with Gasteiger partial charge in [0, 0.05) is 18.2 Å². The van der Waals surface area contributed by atoms with Crippen molar-refractivity contribution in [2.24, 2.45) is 5.10 Å². The van der Waals surface area contributed by atoms with Crippen LogP contribution in [0.15, 0.2) is 57.4 Å². The minimum atomic E-state index is -0.345. The molecule has 28 heavy (non-hydrogen) atoms. The lowest BCUT2D eigenvalue weighted by Crippen LogP contribution is -2.36. The lowest BCUT2D eigenvalue weighted by molar-refractivity contribution is -0.132. The van der Waals surface area contributed by atoms with Crippen LogP contribution in [-0.2, 0) is 16.1 Å². The Labute approximate surface area is 165 Å². The Bertz CT molecular complexity index is 1040. The van der Waals surface area contributed by atoms with E-state index in [0.29, 0.717) is 35.3 Å². The van der Waals surface area contributed by atoms with Crippen molar-refractivity contribution >= 4 is 34.0 Å². The zero-order valence-corrected chi connectivity index (χ0v) is 16.0. The van der Waals surface area contributed by atoms with Gasteiger partial charge in [0.25, 0.3) is 5.91 Å². The number of rotatable bonds is 5. The first-order chi connectivity index (χ1) is 13.6. The Hall–Kier alpha value is -3.26. The van der Waals surface area contributed by atoms with E-state index in [-0.39, 0.29) is 18.2 Å².